The molecule has 1 aliphatic heterocycles. The van der Waals surface area contributed by atoms with Crippen molar-refractivity contribution in [2.45, 2.75) is 18.9 Å². The van der Waals surface area contributed by atoms with E-state index in [9.17, 15) is 14.7 Å². The van der Waals surface area contributed by atoms with Crippen molar-refractivity contribution in [2.75, 3.05) is 39.5 Å². The van der Waals surface area contributed by atoms with Crippen LogP contribution in [0.2, 0.25) is 5.02 Å². The van der Waals surface area contributed by atoms with Gasteiger partial charge in [-0.05, 0) is 73.7 Å². The molecule has 1 aliphatic rings. The Bertz CT molecular complexity index is 1320. The minimum Gasteiger partial charge on any atom is -0.481 e. The van der Waals surface area contributed by atoms with Crippen LogP contribution in [-0.4, -0.2) is 66.7 Å². The molecule has 1 amide bonds. The molecule has 0 radical (unpaired) electrons. The minimum absolute atomic E-state index is 0.111. The van der Waals surface area contributed by atoms with Crippen LogP contribution in [-0.2, 0) is 22.6 Å². The third-order valence-corrected chi connectivity index (χ3v) is 6.50. The summed E-state index contributed by atoms with van der Waals surface area (Å²) in [6.07, 6.45) is -0.111. The number of carboxylic acid groups (broad SMARTS) is 1. The van der Waals surface area contributed by atoms with E-state index >= 15 is 0 Å². The molecule has 7 nitrogen and oxygen atoms in total. The average Bonchev–Trinajstić information content (AvgIpc) is 3.16. The minimum atomic E-state index is -0.916. The molecule has 0 spiro atoms. The first-order valence-electron chi connectivity index (χ1n) is 12.1. The summed E-state index contributed by atoms with van der Waals surface area (Å²) < 4.78 is 0. The van der Waals surface area contributed by atoms with E-state index in [0.717, 1.165) is 25.2 Å². The van der Waals surface area contributed by atoms with Gasteiger partial charge in [0.1, 0.15) is 5.92 Å². The van der Waals surface area contributed by atoms with Crippen molar-refractivity contribution in [2.24, 2.45) is 4.99 Å². The van der Waals surface area contributed by atoms with E-state index in [1.54, 1.807) is 30.3 Å². The van der Waals surface area contributed by atoms with Gasteiger partial charge >= 0.3 is 5.97 Å². The number of benzene rings is 3. The van der Waals surface area contributed by atoms with Crippen molar-refractivity contribution in [1.29, 1.82) is 0 Å². The number of fused-ring (bicyclic) bond motifs is 1. The van der Waals surface area contributed by atoms with Gasteiger partial charge in [-0.1, -0.05) is 48.0 Å². The molecule has 0 saturated heterocycles. The van der Waals surface area contributed by atoms with Gasteiger partial charge in [-0.25, -0.2) is 0 Å². The van der Waals surface area contributed by atoms with Crippen molar-refractivity contribution in [3.8, 4) is 0 Å². The highest BCUT2D eigenvalue weighted by molar-refractivity contribution is 6.31. The van der Waals surface area contributed by atoms with Gasteiger partial charge in [0.15, 0.2) is 0 Å². The molecule has 8 heteroatoms. The Hall–Kier alpha value is -3.52. The monoisotopic (exact) mass is 518 g/mol. The number of hydrogen-bond acceptors (Lipinski definition) is 5. The maximum absolute atomic E-state index is 13.2. The van der Waals surface area contributed by atoms with Crippen LogP contribution in [0.1, 0.15) is 28.2 Å². The molecule has 192 valence electrons. The van der Waals surface area contributed by atoms with Crippen molar-refractivity contribution in [3.05, 3.63) is 94.0 Å². The second kappa shape index (κ2) is 11.7. The maximum Gasteiger partial charge on any atom is 0.307 e. The molecule has 1 atom stereocenters. The topological polar surface area (TPSA) is 85.2 Å². The van der Waals surface area contributed by atoms with Gasteiger partial charge in [-0.2, -0.15) is 0 Å². The Labute approximate surface area is 222 Å². The molecule has 0 bridgehead atoms. The number of aliphatic imine (C=N–C) groups is 1. The number of nitrogens with zero attached hydrogens (tertiary/aromatic N) is 3. The Kier molecular flexibility index (Phi) is 8.38. The van der Waals surface area contributed by atoms with Gasteiger partial charge in [-0.15, -0.1) is 0 Å². The number of carbonyl (C=O) groups is 2. The molecule has 0 saturated carbocycles. The lowest BCUT2D eigenvalue weighted by Gasteiger charge is -2.19. The van der Waals surface area contributed by atoms with Crippen LogP contribution in [0.25, 0.3) is 0 Å². The number of likely N-dealkylation sites (N-methyl/N-ethyl adjacent to an activating group) is 2. The first kappa shape index (κ1) is 26.5. The van der Waals surface area contributed by atoms with Gasteiger partial charge in [-0.3, -0.25) is 14.6 Å². The lowest BCUT2D eigenvalue weighted by atomic mass is 9.89. The third kappa shape index (κ3) is 6.83. The van der Waals surface area contributed by atoms with E-state index in [1.807, 2.05) is 36.4 Å². The molecule has 37 heavy (non-hydrogen) atoms. The number of nitrogens with one attached hydrogen (secondary N) is 1. The number of carboxylic acids is 1. The van der Waals surface area contributed by atoms with Gasteiger partial charge in [0.05, 0.1) is 17.8 Å². The Morgan fingerprint density at radius 2 is 1.76 bits per heavy atom. The molecule has 1 heterocycles. The van der Waals surface area contributed by atoms with Crippen LogP contribution in [0.3, 0.4) is 0 Å². The van der Waals surface area contributed by atoms with E-state index in [2.05, 4.69) is 36.3 Å². The van der Waals surface area contributed by atoms with Crippen LogP contribution in [0.4, 0.5) is 11.4 Å². The van der Waals surface area contributed by atoms with Crippen molar-refractivity contribution < 1.29 is 14.7 Å². The standard InChI is InChI=1S/C29H31ClN4O3/c1-33(2)13-14-34(3)18-19-7-10-23(11-8-19)31-28(21-6-4-5-20(15-21)16-26(35)36)27-24-12-9-22(30)17-25(24)32-29(27)37/h4-12,15,17,27H,13-14,16,18H2,1-3H3,(H,32,37)(H,35,36). The summed E-state index contributed by atoms with van der Waals surface area (Å²) in [4.78, 5) is 33.8. The first-order chi connectivity index (χ1) is 17.7. The summed E-state index contributed by atoms with van der Waals surface area (Å²) in [5.41, 5.74) is 5.24. The van der Waals surface area contributed by atoms with Gasteiger partial charge < -0.3 is 20.2 Å². The third-order valence-electron chi connectivity index (χ3n) is 6.27. The summed E-state index contributed by atoms with van der Waals surface area (Å²) >= 11 is 6.16. The number of anilines is 1. The van der Waals surface area contributed by atoms with Crippen molar-refractivity contribution in [1.82, 2.24) is 9.80 Å². The summed E-state index contributed by atoms with van der Waals surface area (Å²) in [6.45, 7) is 2.77. The Morgan fingerprint density at radius 1 is 1.00 bits per heavy atom. The molecule has 0 aliphatic carbocycles. The molecule has 1 unspecified atom stereocenters. The average molecular weight is 519 g/mol. The molecule has 2 N–H and O–H groups in total. The smallest absolute Gasteiger partial charge is 0.307 e. The molecule has 3 aromatic rings. The predicted octanol–water partition coefficient (Wildman–Crippen LogP) is 4.82. The fourth-order valence-corrected chi connectivity index (χ4v) is 4.57. The zero-order chi connectivity index (χ0) is 26.5. The summed E-state index contributed by atoms with van der Waals surface area (Å²) in [6, 6.07) is 20.5. The molecule has 0 aromatic heterocycles. The number of amides is 1. The zero-order valence-corrected chi connectivity index (χ0v) is 22.0. The number of rotatable bonds is 10. The summed E-state index contributed by atoms with van der Waals surface area (Å²) in [5, 5.41) is 12.7. The van der Waals surface area contributed by atoms with Gasteiger partial charge in [0, 0.05) is 30.3 Å². The number of carbonyl (C=O) groups excluding carboxylic acids is 1. The summed E-state index contributed by atoms with van der Waals surface area (Å²) in [5.74, 6) is -1.76. The van der Waals surface area contributed by atoms with E-state index in [4.69, 9.17) is 16.6 Å². The zero-order valence-electron chi connectivity index (χ0n) is 21.2. The normalized spacial score (nSPS) is 15.2. The quantitative estimate of drug-likeness (QED) is 0.376. The highest BCUT2D eigenvalue weighted by atomic mass is 35.5. The highest BCUT2D eigenvalue weighted by Gasteiger charge is 2.35. The largest absolute Gasteiger partial charge is 0.481 e. The Balaban J connectivity index is 1.69. The van der Waals surface area contributed by atoms with E-state index in [1.165, 1.54) is 5.56 Å². The van der Waals surface area contributed by atoms with Crippen LogP contribution < -0.4 is 5.32 Å². The molecular weight excluding hydrogens is 488 g/mol. The highest BCUT2D eigenvalue weighted by Crippen LogP contribution is 2.38. The maximum atomic E-state index is 13.2. The fourth-order valence-electron chi connectivity index (χ4n) is 4.39. The van der Waals surface area contributed by atoms with Crippen molar-refractivity contribution >= 4 is 40.6 Å². The molecule has 0 fully saturated rings. The van der Waals surface area contributed by atoms with Crippen LogP contribution >= 0.6 is 11.6 Å². The first-order valence-corrected chi connectivity index (χ1v) is 12.5. The van der Waals surface area contributed by atoms with E-state index < -0.39 is 11.9 Å². The number of hydrogen-bond donors (Lipinski definition) is 2. The number of aliphatic carboxylic acids is 1. The van der Waals surface area contributed by atoms with Crippen LogP contribution in [0.5, 0.6) is 0 Å². The molecule has 3 aromatic carbocycles. The van der Waals surface area contributed by atoms with E-state index in [0.29, 0.717) is 33.2 Å². The van der Waals surface area contributed by atoms with Gasteiger partial charge in [0.2, 0.25) is 5.91 Å². The van der Waals surface area contributed by atoms with Crippen molar-refractivity contribution in [3.63, 3.8) is 0 Å². The number of halogens is 1. The summed E-state index contributed by atoms with van der Waals surface area (Å²) in [7, 11) is 6.22. The SMILES string of the molecule is CN(C)CCN(C)Cc1ccc(N=C(c2cccc(CC(=O)O)c2)C2C(=O)Nc3cc(Cl)ccc32)cc1. The lowest BCUT2D eigenvalue weighted by Crippen LogP contribution is -2.28. The van der Waals surface area contributed by atoms with Crippen LogP contribution in [0, 0.1) is 0 Å². The fraction of sp³-hybridized carbons (Fsp3) is 0.276. The van der Waals surface area contributed by atoms with Crippen LogP contribution in [0.15, 0.2) is 71.7 Å². The second-order valence-electron chi connectivity index (χ2n) is 9.63. The lowest BCUT2D eigenvalue weighted by molar-refractivity contribution is -0.136. The molecular formula is C29H31ClN4O3. The van der Waals surface area contributed by atoms with Gasteiger partial charge in [0.25, 0.3) is 0 Å². The molecule has 4 rings (SSSR count). The van der Waals surface area contributed by atoms with E-state index in [-0.39, 0.29) is 12.3 Å². The Morgan fingerprint density at radius 3 is 2.46 bits per heavy atom. The second-order valence-corrected chi connectivity index (χ2v) is 10.1. The predicted molar refractivity (Wildman–Crippen MR) is 148 cm³/mol.